The van der Waals surface area contributed by atoms with E-state index in [4.69, 9.17) is 5.73 Å². The molecule has 1 atom stereocenters. The van der Waals surface area contributed by atoms with Gasteiger partial charge < -0.3 is 11.1 Å². The van der Waals surface area contributed by atoms with Crippen LogP contribution in [0.25, 0.3) is 0 Å². The van der Waals surface area contributed by atoms with Gasteiger partial charge in [-0.3, -0.25) is 10.1 Å². The van der Waals surface area contributed by atoms with Gasteiger partial charge in [-0.1, -0.05) is 13.8 Å². The molecule has 1 heterocycles. The lowest BCUT2D eigenvalue weighted by atomic mass is 10.0. The van der Waals surface area contributed by atoms with Crippen LogP contribution in [0.2, 0.25) is 0 Å². The van der Waals surface area contributed by atoms with Gasteiger partial charge in [0.1, 0.15) is 12.4 Å². The fourth-order valence-corrected chi connectivity index (χ4v) is 1.46. The first-order valence-corrected chi connectivity index (χ1v) is 5.46. The van der Waals surface area contributed by atoms with Gasteiger partial charge in [0, 0.05) is 12.6 Å². The van der Waals surface area contributed by atoms with Gasteiger partial charge in [-0.25, -0.2) is 9.97 Å². The van der Waals surface area contributed by atoms with Crippen LogP contribution < -0.4 is 11.1 Å². The van der Waals surface area contributed by atoms with E-state index < -0.39 is 4.92 Å². The fourth-order valence-electron chi connectivity index (χ4n) is 1.46. The van der Waals surface area contributed by atoms with Gasteiger partial charge >= 0.3 is 5.69 Å². The summed E-state index contributed by atoms with van der Waals surface area (Å²) in [6.45, 7) is 4.67. The first-order chi connectivity index (χ1) is 8.02. The van der Waals surface area contributed by atoms with Crippen molar-refractivity contribution in [2.45, 2.75) is 26.3 Å². The van der Waals surface area contributed by atoms with Gasteiger partial charge in [-0.2, -0.15) is 0 Å². The third-order valence-electron chi connectivity index (χ3n) is 2.22. The van der Waals surface area contributed by atoms with Crippen LogP contribution in [0.1, 0.15) is 20.3 Å². The molecular formula is C10H17N5O2. The van der Waals surface area contributed by atoms with Crippen molar-refractivity contribution in [1.82, 2.24) is 9.97 Å². The summed E-state index contributed by atoms with van der Waals surface area (Å²) in [4.78, 5) is 17.6. The minimum Gasteiger partial charge on any atom is -0.350 e. The molecule has 7 nitrogen and oxygen atoms in total. The highest BCUT2D eigenvalue weighted by molar-refractivity contribution is 5.31. The molecule has 1 rings (SSSR count). The summed E-state index contributed by atoms with van der Waals surface area (Å²) in [5.41, 5.74) is 5.50. The van der Waals surface area contributed by atoms with E-state index in [1.165, 1.54) is 12.4 Å². The second-order valence-corrected chi connectivity index (χ2v) is 4.23. The Labute approximate surface area is 99.6 Å². The molecule has 0 aliphatic heterocycles. The zero-order valence-electron chi connectivity index (χ0n) is 9.96. The van der Waals surface area contributed by atoms with Gasteiger partial charge in [0.15, 0.2) is 0 Å². The van der Waals surface area contributed by atoms with Crippen molar-refractivity contribution in [1.29, 1.82) is 0 Å². The molecule has 0 bridgehead atoms. The highest BCUT2D eigenvalue weighted by atomic mass is 16.6. The Morgan fingerprint density at radius 1 is 1.47 bits per heavy atom. The fraction of sp³-hybridized carbons (Fsp3) is 0.600. The number of nitrogens with one attached hydrogen (secondary N) is 1. The molecule has 17 heavy (non-hydrogen) atoms. The van der Waals surface area contributed by atoms with Crippen LogP contribution in [-0.4, -0.2) is 27.5 Å². The Hall–Kier alpha value is -1.76. The summed E-state index contributed by atoms with van der Waals surface area (Å²) in [6.07, 6.45) is 3.26. The number of nitrogens with zero attached hydrogens (tertiary/aromatic N) is 3. The largest absolute Gasteiger partial charge is 0.350 e. The molecule has 0 saturated heterocycles. The second kappa shape index (κ2) is 6.09. The van der Waals surface area contributed by atoms with E-state index in [2.05, 4.69) is 29.1 Å². The molecular weight excluding hydrogens is 222 g/mol. The number of nitro groups is 1. The molecule has 0 aliphatic carbocycles. The maximum atomic E-state index is 10.4. The van der Waals surface area contributed by atoms with Crippen molar-refractivity contribution in [2.24, 2.45) is 11.7 Å². The maximum Gasteiger partial charge on any atom is 0.305 e. The van der Waals surface area contributed by atoms with Crippen molar-refractivity contribution >= 4 is 11.6 Å². The maximum absolute atomic E-state index is 10.4. The average Bonchev–Trinajstić information content (AvgIpc) is 2.28. The van der Waals surface area contributed by atoms with Crippen LogP contribution in [0.5, 0.6) is 0 Å². The van der Waals surface area contributed by atoms with E-state index in [-0.39, 0.29) is 11.7 Å². The van der Waals surface area contributed by atoms with E-state index in [1.807, 2.05) is 0 Å². The number of hydrogen-bond acceptors (Lipinski definition) is 6. The Morgan fingerprint density at radius 3 is 2.47 bits per heavy atom. The molecule has 0 saturated carbocycles. The van der Waals surface area contributed by atoms with Gasteiger partial charge in [-0.05, 0) is 12.3 Å². The molecule has 7 heteroatoms. The monoisotopic (exact) mass is 239 g/mol. The van der Waals surface area contributed by atoms with Crippen LogP contribution in [0, 0.1) is 16.0 Å². The van der Waals surface area contributed by atoms with E-state index in [0.717, 1.165) is 6.42 Å². The predicted octanol–water partition coefficient (Wildman–Crippen LogP) is 1.17. The van der Waals surface area contributed by atoms with E-state index in [0.29, 0.717) is 18.4 Å². The molecule has 3 N–H and O–H groups in total. The standard InChI is InChI=1S/C10H17N5O2/c1-7(2)3-8(4-11)14-10-12-5-9(6-13-10)15(16)17/h5-8H,3-4,11H2,1-2H3,(H,12,13,14). The van der Waals surface area contributed by atoms with Crippen LogP contribution in [0.15, 0.2) is 12.4 Å². The van der Waals surface area contributed by atoms with Gasteiger partial charge in [0.25, 0.3) is 0 Å². The average molecular weight is 239 g/mol. The minimum atomic E-state index is -0.529. The van der Waals surface area contributed by atoms with Crippen molar-refractivity contribution in [3.63, 3.8) is 0 Å². The number of aromatic nitrogens is 2. The normalized spacial score (nSPS) is 12.5. The first-order valence-electron chi connectivity index (χ1n) is 5.46. The predicted molar refractivity (Wildman–Crippen MR) is 64.6 cm³/mol. The molecule has 0 aromatic carbocycles. The summed E-state index contributed by atoms with van der Waals surface area (Å²) in [5.74, 6) is 0.876. The molecule has 0 amide bonds. The third kappa shape index (κ3) is 4.31. The number of anilines is 1. The van der Waals surface area contributed by atoms with Gasteiger partial charge in [0.05, 0.1) is 4.92 Å². The lowest BCUT2D eigenvalue weighted by molar-refractivity contribution is -0.385. The molecule has 1 aromatic rings. The Bertz CT molecular complexity index is 365. The van der Waals surface area contributed by atoms with Gasteiger partial charge in [-0.15, -0.1) is 0 Å². The zero-order chi connectivity index (χ0) is 12.8. The molecule has 94 valence electrons. The lowest BCUT2D eigenvalue weighted by Gasteiger charge is -2.18. The van der Waals surface area contributed by atoms with Crippen molar-refractivity contribution in [3.8, 4) is 0 Å². The summed E-state index contributed by atoms with van der Waals surface area (Å²) >= 11 is 0. The molecule has 1 aromatic heterocycles. The van der Waals surface area contributed by atoms with Crippen LogP contribution in [0.3, 0.4) is 0 Å². The Morgan fingerprint density at radius 2 is 2.06 bits per heavy atom. The van der Waals surface area contributed by atoms with Gasteiger partial charge in [0.2, 0.25) is 5.95 Å². The summed E-state index contributed by atoms with van der Waals surface area (Å²) in [5, 5.41) is 13.5. The van der Waals surface area contributed by atoms with E-state index in [1.54, 1.807) is 0 Å². The minimum absolute atomic E-state index is 0.0801. The molecule has 0 radical (unpaired) electrons. The molecule has 0 spiro atoms. The van der Waals surface area contributed by atoms with Crippen molar-refractivity contribution in [2.75, 3.05) is 11.9 Å². The molecule has 0 aliphatic rings. The molecule has 0 fully saturated rings. The van der Waals surface area contributed by atoms with Crippen LogP contribution >= 0.6 is 0 Å². The number of nitrogens with two attached hydrogens (primary N) is 1. The first kappa shape index (κ1) is 13.3. The SMILES string of the molecule is CC(C)CC(CN)Nc1ncc([N+](=O)[O-])cn1. The van der Waals surface area contributed by atoms with Crippen LogP contribution in [0.4, 0.5) is 11.6 Å². The number of rotatable bonds is 6. The highest BCUT2D eigenvalue weighted by Crippen LogP contribution is 2.11. The van der Waals surface area contributed by atoms with E-state index in [9.17, 15) is 10.1 Å². The Kier molecular flexibility index (Phi) is 4.77. The summed E-state index contributed by atoms with van der Waals surface area (Å²) < 4.78 is 0. The zero-order valence-corrected chi connectivity index (χ0v) is 9.96. The van der Waals surface area contributed by atoms with Crippen molar-refractivity contribution in [3.05, 3.63) is 22.5 Å². The van der Waals surface area contributed by atoms with E-state index >= 15 is 0 Å². The highest BCUT2D eigenvalue weighted by Gasteiger charge is 2.11. The summed E-state index contributed by atoms with van der Waals surface area (Å²) in [7, 11) is 0. The second-order valence-electron chi connectivity index (χ2n) is 4.23. The Balaban J connectivity index is 2.64. The van der Waals surface area contributed by atoms with Crippen molar-refractivity contribution < 1.29 is 4.92 Å². The third-order valence-corrected chi connectivity index (χ3v) is 2.22. The summed E-state index contributed by atoms with van der Waals surface area (Å²) in [6, 6.07) is 0.0801. The number of hydrogen-bond donors (Lipinski definition) is 2. The quantitative estimate of drug-likeness (QED) is 0.570. The topological polar surface area (TPSA) is 107 Å². The van der Waals surface area contributed by atoms with Crippen LogP contribution in [-0.2, 0) is 0 Å². The molecule has 1 unspecified atom stereocenters. The lowest BCUT2D eigenvalue weighted by Crippen LogP contribution is -2.31. The smallest absolute Gasteiger partial charge is 0.305 e.